The molecular formula is C27H25N5O2S. The molecule has 1 N–H and O–H groups in total. The average Bonchev–Trinajstić information content (AvgIpc) is 3.38. The van der Waals surface area contributed by atoms with E-state index in [1.165, 1.54) is 16.8 Å². The van der Waals surface area contributed by atoms with E-state index in [0.717, 1.165) is 44.6 Å². The molecule has 0 spiro atoms. The van der Waals surface area contributed by atoms with Crippen molar-refractivity contribution >= 4 is 39.8 Å². The zero-order valence-electron chi connectivity index (χ0n) is 20.0. The van der Waals surface area contributed by atoms with Gasteiger partial charge in [0.05, 0.1) is 12.2 Å². The van der Waals surface area contributed by atoms with Crippen LogP contribution in [-0.4, -0.2) is 38.1 Å². The van der Waals surface area contributed by atoms with E-state index in [2.05, 4.69) is 14.7 Å². The first-order chi connectivity index (χ1) is 16.9. The van der Waals surface area contributed by atoms with Crippen LogP contribution in [-0.2, 0) is 4.79 Å². The standard InChI is InChI=1S/C27H25N5O2S/c1-5-34-22-11-9-21(10-12-22)31-17(3)14-20(18(31)4)15-23-24(28)32-27(29-25(23)33)35-26(30-32)19-8-6-7-16(2)13-19/h6-15,28H,5H2,1-4H3. The number of hydrogen-bond donors (Lipinski definition) is 1. The van der Waals surface area contributed by atoms with Crippen molar-refractivity contribution in [2.75, 3.05) is 6.61 Å². The van der Waals surface area contributed by atoms with Crippen LogP contribution in [0.1, 0.15) is 35.0 Å². The molecule has 0 atom stereocenters. The molecule has 0 fully saturated rings. The Labute approximate surface area is 208 Å². The molecule has 1 amide bonds. The molecule has 2 aromatic carbocycles. The molecule has 0 radical (unpaired) electrons. The van der Waals surface area contributed by atoms with Crippen LogP contribution in [0.15, 0.2) is 70.3 Å². The topological polar surface area (TPSA) is 83.0 Å². The van der Waals surface area contributed by atoms with Crippen molar-refractivity contribution in [1.29, 1.82) is 5.41 Å². The van der Waals surface area contributed by atoms with Crippen molar-refractivity contribution in [2.45, 2.75) is 27.7 Å². The van der Waals surface area contributed by atoms with Crippen molar-refractivity contribution in [2.24, 2.45) is 10.1 Å². The van der Waals surface area contributed by atoms with Gasteiger partial charge < -0.3 is 9.30 Å². The van der Waals surface area contributed by atoms with E-state index >= 15 is 0 Å². The predicted octanol–water partition coefficient (Wildman–Crippen LogP) is 5.47. The summed E-state index contributed by atoms with van der Waals surface area (Å²) in [5.74, 6) is 0.423. The molecule has 2 aliphatic rings. The van der Waals surface area contributed by atoms with Gasteiger partial charge in [0.1, 0.15) is 10.8 Å². The van der Waals surface area contributed by atoms with E-state index in [1.54, 1.807) is 6.08 Å². The minimum Gasteiger partial charge on any atom is -0.494 e. The van der Waals surface area contributed by atoms with Gasteiger partial charge in [0, 0.05) is 22.6 Å². The van der Waals surface area contributed by atoms with Gasteiger partial charge in [0.25, 0.3) is 5.91 Å². The third kappa shape index (κ3) is 4.21. The van der Waals surface area contributed by atoms with Gasteiger partial charge in [-0.25, -0.2) is 0 Å². The van der Waals surface area contributed by atoms with Crippen molar-refractivity contribution in [1.82, 2.24) is 9.58 Å². The van der Waals surface area contributed by atoms with Crippen molar-refractivity contribution in [3.8, 4) is 11.4 Å². The molecule has 1 aromatic heterocycles. The second-order valence-electron chi connectivity index (χ2n) is 8.38. The number of thioether (sulfide) groups is 1. The molecular weight excluding hydrogens is 458 g/mol. The summed E-state index contributed by atoms with van der Waals surface area (Å²) in [4.78, 5) is 17.1. The molecule has 7 nitrogen and oxygen atoms in total. The molecule has 5 rings (SSSR count). The Morgan fingerprint density at radius 3 is 2.57 bits per heavy atom. The van der Waals surface area contributed by atoms with Gasteiger partial charge in [0.2, 0.25) is 5.17 Å². The van der Waals surface area contributed by atoms with Crippen molar-refractivity contribution in [3.05, 3.63) is 88.2 Å². The van der Waals surface area contributed by atoms with Crippen LogP contribution in [0.3, 0.4) is 0 Å². The first-order valence-electron chi connectivity index (χ1n) is 11.3. The van der Waals surface area contributed by atoms with Crippen LogP contribution >= 0.6 is 11.8 Å². The lowest BCUT2D eigenvalue weighted by Gasteiger charge is -2.20. The zero-order valence-corrected chi connectivity index (χ0v) is 20.8. The number of amidine groups is 2. The number of hydrogen-bond acceptors (Lipinski definition) is 5. The molecule has 0 bridgehead atoms. The quantitative estimate of drug-likeness (QED) is 0.488. The van der Waals surface area contributed by atoms with E-state index in [0.29, 0.717) is 11.8 Å². The number of benzene rings is 2. The number of fused-ring (bicyclic) bond motifs is 1. The van der Waals surface area contributed by atoms with Gasteiger partial charge in [-0.15, -0.1) is 0 Å². The highest BCUT2D eigenvalue weighted by molar-refractivity contribution is 8.27. The van der Waals surface area contributed by atoms with Crippen LogP contribution in [0.25, 0.3) is 11.8 Å². The summed E-state index contributed by atoms with van der Waals surface area (Å²) < 4.78 is 7.67. The van der Waals surface area contributed by atoms with Crippen LogP contribution in [0.2, 0.25) is 0 Å². The van der Waals surface area contributed by atoms with E-state index in [9.17, 15) is 4.79 Å². The van der Waals surface area contributed by atoms with Crippen LogP contribution in [0, 0.1) is 26.2 Å². The highest BCUT2D eigenvalue weighted by Gasteiger charge is 2.36. The Morgan fingerprint density at radius 1 is 1.09 bits per heavy atom. The maximum atomic E-state index is 12.9. The summed E-state index contributed by atoms with van der Waals surface area (Å²) in [6.45, 7) is 8.62. The third-order valence-electron chi connectivity index (χ3n) is 5.90. The number of nitrogens with zero attached hydrogens (tertiary/aromatic N) is 4. The van der Waals surface area contributed by atoms with Crippen LogP contribution in [0.5, 0.6) is 5.75 Å². The highest BCUT2D eigenvalue weighted by Crippen LogP contribution is 2.32. The molecule has 0 saturated heterocycles. The van der Waals surface area contributed by atoms with E-state index < -0.39 is 5.91 Å². The molecule has 2 aliphatic heterocycles. The zero-order chi connectivity index (χ0) is 24.7. The number of aryl methyl sites for hydroxylation is 2. The fourth-order valence-electron chi connectivity index (χ4n) is 4.23. The Hall–Kier alpha value is -3.91. The van der Waals surface area contributed by atoms with Crippen LogP contribution < -0.4 is 4.74 Å². The Kier molecular flexibility index (Phi) is 5.90. The second-order valence-corrected chi connectivity index (χ2v) is 9.34. The van der Waals surface area contributed by atoms with Crippen molar-refractivity contribution in [3.63, 3.8) is 0 Å². The maximum Gasteiger partial charge on any atom is 0.283 e. The average molecular weight is 484 g/mol. The summed E-state index contributed by atoms with van der Waals surface area (Å²) in [6.07, 6.45) is 1.74. The molecule has 0 saturated carbocycles. The lowest BCUT2D eigenvalue weighted by atomic mass is 10.1. The molecule has 0 unspecified atom stereocenters. The second kappa shape index (κ2) is 9.03. The fraction of sp³-hybridized carbons (Fsp3) is 0.185. The maximum absolute atomic E-state index is 12.9. The first kappa shape index (κ1) is 22.9. The number of aliphatic imine (C=N–C) groups is 1. The monoisotopic (exact) mass is 483 g/mol. The van der Waals surface area contributed by atoms with E-state index in [1.807, 2.05) is 82.3 Å². The van der Waals surface area contributed by atoms with Gasteiger partial charge in [-0.05, 0) is 87.5 Å². The normalized spacial score (nSPS) is 16.5. The molecule has 0 aliphatic carbocycles. The summed E-state index contributed by atoms with van der Waals surface area (Å²) in [5, 5.41) is 15.9. The predicted molar refractivity (Wildman–Crippen MR) is 142 cm³/mol. The number of rotatable bonds is 5. The lowest BCUT2D eigenvalue weighted by molar-refractivity contribution is -0.114. The molecule has 35 heavy (non-hydrogen) atoms. The third-order valence-corrected chi connectivity index (χ3v) is 6.85. The minimum absolute atomic E-state index is 0.0287. The van der Waals surface area contributed by atoms with Gasteiger partial charge in [-0.3, -0.25) is 10.2 Å². The number of aromatic nitrogens is 1. The number of carbonyl (C=O) groups is 1. The Morgan fingerprint density at radius 2 is 1.86 bits per heavy atom. The SMILES string of the molecule is CCOc1ccc(-n2c(C)cc(C=C3C(=N)N4N=C(c5cccc(C)c5)SC4=NC3=O)c2C)cc1. The van der Waals surface area contributed by atoms with E-state index in [4.69, 9.17) is 10.1 Å². The number of carbonyl (C=O) groups excluding carboxylic acids is 1. The molecule has 176 valence electrons. The van der Waals surface area contributed by atoms with E-state index in [-0.39, 0.29) is 11.4 Å². The number of hydrazone groups is 1. The van der Waals surface area contributed by atoms with Gasteiger partial charge in [-0.2, -0.15) is 15.1 Å². The first-order valence-corrected chi connectivity index (χ1v) is 12.2. The number of ether oxygens (including phenoxy) is 1. The Balaban J connectivity index is 1.47. The fourth-order valence-corrected chi connectivity index (χ4v) is 5.12. The lowest BCUT2D eigenvalue weighted by Crippen LogP contribution is -2.35. The summed E-state index contributed by atoms with van der Waals surface area (Å²) in [5.41, 5.74) is 6.13. The summed E-state index contributed by atoms with van der Waals surface area (Å²) in [7, 11) is 0. The van der Waals surface area contributed by atoms with Gasteiger partial charge in [-0.1, -0.05) is 23.8 Å². The minimum atomic E-state index is -0.430. The summed E-state index contributed by atoms with van der Waals surface area (Å²) in [6, 6.07) is 17.9. The molecule has 8 heteroatoms. The van der Waals surface area contributed by atoms with Gasteiger partial charge in [0.15, 0.2) is 5.84 Å². The smallest absolute Gasteiger partial charge is 0.283 e. The number of amides is 1. The summed E-state index contributed by atoms with van der Waals surface area (Å²) >= 11 is 1.31. The molecule has 3 aromatic rings. The molecule has 3 heterocycles. The van der Waals surface area contributed by atoms with Crippen molar-refractivity contribution < 1.29 is 9.53 Å². The Bertz CT molecular complexity index is 1450. The largest absolute Gasteiger partial charge is 0.494 e. The highest BCUT2D eigenvalue weighted by atomic mass is 32.2. The van der Waals surface area contributed by atoms with Gasteiger partial charge >= 0.3 is 0 Å². The van der Waals surface area contributed by atoms with Crippen LogP contribution in [0.4, 0.5) is 0 Å². The number of nitrogens with one attached hydrogen (secondary N) is 1.